The molecule has 0 radical (unpaired) electrons. The number of aromatic hydroxyl groups is 1. The van der Waals surface area contributed by atoms with Crippen LogP contribution in [0, 0.1) is 6.92 Å². The molecule has 0 saturated heterocycles. The number of allylic oxidation sites excluding steroid dienone is 1. The lowest BCUT2D eigenvalue weighted by atomic mass is 10.0. The van der Waals surface area contributed by atoms with E-state index < -0.39 is 17.5 Å². The lowest BCUT2D eigenvalue weighted by molar-refractivity contribution is 0.0980. The van der Waals surface area contributed by atoms with Crippen LogP contribution >= 0.6 is 0 Å². The highest BCUT2D eigenvalue weighted by molar-refractivity contribution is 5.97. The molecular formula is C27H39NO6. The van der Waals surface area contributed by atoms with Crippen molar-refractivity contribution in [2.45, 2.75) is 73.1 Å². The van der Waals surface area contributed by atoms with Gasteiger partial charge in [-0.25, -0.2) is 9.59 Å². The summed E-state index contributed by atoms with van der Waals surface area (Å²) in [5, 5.41) is 12.3. The molecule has 1 heterocycles. The van der Waals surface area contributed by atoms with Gasteiger partial charge >= 0.3 is 11.7 Å². The van der Waals surface area contributed by atoms with Crippen LogP contribution in [0.1, 0.15) is 87.0 Å². The van der Waals surface area contributed by atoms with Crippen LogP contribution in [-0.4, -0.2) is 24.1 Å². The molecule has 2 rings (SSSR count). The minimum atomic E-state index is -0.818. The molecule has 1 atom stereocenters. The zero-order valence-electron chi connectivity index (χ0n) is 21.4. The van der Waals surface area contributed by atoms with Gasteiger partial charge in [0.25, 0.3) is 0 Å². The van der Waals surface area contributed by atoms with Crippen LogP contribution < -0.4 is 10.9 Å². The minimum absolute atomic E-state index is 0.116. The number of carbonyl (C=O) groups excluding carboxylic acids is 2. The molecule has 0 bridgehead atoms. The Hall–Kier alpha value is -3.35. The summed E-state index contributed by atoms with van der Waals surface area (Å²) in [4.78, 5) is 34.2. The van der Waals surface area contributed by atoms with Gasteiger partial charge in [0, 0.05) is 24.6 Å². The SMILES string of the molecule is CC.CCC(=O)c1c(O)cc(C(C)CC/C=C/NC(=O)OC)oc1=O.CCc1ccc(C)cc1. The fraction of sp³-hybridized carbons (Fsp3) is 0.444. The van der Waals surface area contributed by atoms with Gasteiger partial charge in [0.1, 0.15) is 17.1 Å². The van der Waals surface area contributed by atoms with Gasteiger partial charge in [0.2, 0.25) is 0 Å². The molecule has 0 spiro atoms. The first-order valence-corrected chi connectivity index (χ1v) is 11.7. The molecule has 2 aromatic rings. The maximum atomic E-state index is 11.8. The van der Waals surface area contributed by atoms with Gasteiger partial charge in [0.05, 0.1) is 7.11 Å². The number of methoxy groups -OCH3 is 1. The van der Waals surface area contributed by atoms with E-state index in [2.05, 4.69) is 48.2 Å². The molecule has 1 aromatic heterocycles. The number of Topliss-reactive ketones (excluding diaryl/α,β-unsaturated/α-hetero) is 1. The molecule has 7 nitrogen and oxygen atoms in total. The van der Waals surface area contributed by atoms with Crippen LogP contribution in [0.15, 0.2) is 51.8 Å². The topological polar surface area (TPSA) is 106 Å². The first kappa shape index (κ1) is 30.6. The largest absolute Gasteiger partial charge is 0.507 e. The smallest absolute Gasteiger partial charge is 0.410 e. The Morgan fingerprint density at radius 3 is 2.29 bits per heavy atom. The third kappa shape index (κ3) is 11.0. The van der Waals surface area contributed by atoms with Crippen molar-refractivity contribution in [3.63, 3.8) is 0 Å². The van der Waals surface area contributed by atoms with Gasteiger partial charge in [-0.05, 0) is 31.7 Å². The molecule has 0 aliphatic carbocycles. The molecule has 2 N–H and O–H groups in total. The number of amides is 1. The Morgan fingerprint density at radius 1 is 1.18 bits per heavy atom. The number of ether oxygens (including phenoxy) is 1. The molecule has 0 aliphatic rings. The molecular weight excluding hydrogens is 434 g/mol. The molecule has 1 aromatic carbocycles. The molecule has 0 fully saturated rings. The van der Waals surface area contributed by atoms with E-state index in [4.69, 9.17) is 4.42 Å². The highest BCUT2D eigenvalue weighted by Gasteiger charge is 2.19. The van der Waals surface area contributed by atoms with Crippen molar-refractivity contribution in [1.29, 1.82) is 0 Å². The summed E-state index contributed by atoms with van der Waals surface area (Å²) >= 11 is 0. The molecule has 188 valence electrons. The Bertz CT molecular complexity index is 960. The van der Waals surface area contributed by atoms with Crippen molar-refractivity contribution < 1.29 is 23.8 Å². The van der Waals surface area contributed by atoms with Crippen molar-refractivity contribution in [1.82, 2.24) is 5.32 Å². The number of ketones is 1. The number of benzene rings is 1. The number of alkyl carbamates (subject to hydrolysis) is 1. The van der Waals surface area contributed by atoms with Crippen LogP contribution in [0.4, 0.5) is 4.79 Å². The Balaban J connectivity index is 0.000000819. The van der Waals surface area contributed by atoms with Crippen LogP contribution in [-0.2, 0) is 11.2 Å². The zero-order valence-corrected chi connectivity index (χ0v) is 21.4. The Labute approximate surface area is 202 Å². The summed E-state index contributed by atoms with van der Waals surface area (Å²) in [5.41, 5.74) is 1.64. The lowest BCUT2D eigenvalue weighted by Crippen LogP contribution is -2.16. The quantitative estimate of drug-likeness (QED) is 0.437. The average molecular weight is 474 g/mol. The number of nitrogens with one attached hydrogen (secondary N) is 1. The van der Waals surface area contributed by atoms with Crippen LogP contribution in [0.3, 0.4) is 0 Å². The zero-order chi connectivity index (χ0) is 26.1. The summed E-state index contributed by atoms with van der Waals surface area (Å²) in [6, 6.07) is 9.97. The van der Waals surface area contributed by atoms with E-state index in [-0.39, 0.29) is 23.7 Å². The maximum absolute atomic E-state index is 11.8. The highest BCUT2D eigenvalue weighted by Crippen LogP contribution is 2.25. The second kappa shape index (κ2) is 17.2. The van der Waals surface area contributed by atoms with E-state index in [0.29, 0.717) is 18.6 Å². The molecule has 7 heteroatoms. The summed E-state index contributed by atoms with van der Waals surface area (Å²) in [6.07, 6.45) is 5.15. The highest BCUT2D eigenvalue weighted by atomic mass is 16.5. The molecule has 1 unspecified atom stereocenters. The molecule has 0 saturated carbocycles. The van der Waals surface area contributed by atoms with Crippen LogP contribution in [0.25, 0.3) is 0 Å². The minimum Gasteiger partial charge on any atom is -0.507 e. The molecule has 0 aliphatic heterocycles. The Morgan fingerprint density at radius 2 is 1.79 bits per heavy atom. The van der Waals surface area contributed by atoms with Crippen molar-refractivity contribution in [2.24, 2.45) is 0 Å². The van der Waals surface area contributed by atoms with Crippen LogP contribution in [0.2, 0.25) is 0 Å². The number of rotatable bonds is 8. The summed E-state index contributed by atoms with van der Waals surface area (Å²) < 4.78 is 9.54. The second-order valence-electron chi connectivity index (χ2n) is 7.33. The van der Waals surface area contributed by atoms with Gasteiger partial charge in [-0.1, -0.05) is 70.5 Å². The normalized spacial score (nSPS) is 10.9. The molecule has 34 heavy (non-hydrogen) atoms. The summed E-state index contributed by atoms with van der Waals surface area (Å²) in [5.74, 6) is -0.623. The Kier molecular flexibility index (Phi) is 15.5. The molecule has 1 amide bonds. The number of aryl methyl sites for hydroxylation is 2. The van der Waals surface area contributed by atoms with E-state index in [1.54, 1.807) is 13.0 Å². The standard InChI is InChI=1S/C16H21NO6.C9H12.C2H6/c1-4-11(18)14-12(19)9-13(23-15(14)20)10(2)7-5-6-8-17-16(21)22-3;1-3-9-6-4-8(2)5-7-9;1-2/h6,8-10,19H,4-5,7H2,1-3H3,(H,17,21);4-7H,3H2,1-2H3;1-2H3/b8-6+;;. The van der Waals surface area contributed by atoms with Gasteiger partial charge in [-0.3, -0.25) is 10.1 Å². The number of hydrogen-bond donors (Lipinski definition) is 2. The van der Waals surface area contributed by atoms with E-state index in [9.17, 15) is 19.5 Å². The predicted octanol–water partition coefficient (Wildman–Crippen LogP) is 6.28. The van der Waals surface area contributed by atoms with Crippen molar-refractivity contribution >= 4 is 11.9 Å². The fourth-order valence-electron chi connectivity index (χ4n) is 2.76. The predicted molar refractivity (Wildman–Crippen MR) is 135 cm³/mol. The first-order chi connectivity index (χ1) is 16.2. The number of carbonyl (C=O) groups is 2. The second-order valence-corrected chi connectivity index (χ2v) is 7.33. The fourth-order valence-corrected chi connectivity index (χ4v) is 2.76. The van der Waals surface area contributed by atoms with Gasteiger partial charge < -0.3 is 14.3 Å². The van der Waals surface area contributed by atoms with Gasteiger partial charge in [-0.2, -0.15) is 0 Å². The maximum Gasteiger partial charge on any atom is 0.410 e. The summed E-state index contributed by atoms with van der Waals surface area (Å²) in [6.45, 7) is 11.7. The van der Waals surface area contributed by atoms with E-state index in [0.717, 1.165) is 6.42 Å². The lowest BCUT2D eigenvalue weighted by Gasteiger charge is -2.10. The van der Waals surface area contributed by atoms with Gasteiger partial charge in [-0.15, -0.1) is 0 Å². The third-order valence-electron chi connectivity index (χ3n) is 4.84. The van der Waals surface area contributed by atoms with E-state index in [1.165, 1.54) is 30.5 Å². The number of hydrogen-bond acceptors (Lipinski definition) is 6. The average Bonchev–Trinajstić information content (AvgIpc) is 2.85. The monoisotopic (exact) mass is 473 g/mol. The summed E-state index contributed by atoms with van der Waals surface area (Å²) in [7, 11) is 1.27. The van der Waals surface area contributed by atoms with Crippen molar-refractivity contribution in [3.05, 3.63) is 75.5 Å². The van der Waals surface area contributed by atoms with Crippen LogP contribution in [0.5, 0.6) is 5.75 Å². The van der Waals surface area contributed by atoms with Crippen molar-refractivity contribution in [2.75, 3.05) is 7.11 Å². The van der Waals surface area contributed by atoms with Crippen molar-refractivity contribution in [3.8, 4) is 5.75 Å². The van der Waals surface area contributed by atoms with Gasteiger partial charge in [0.15, 0.2) is 5.78 Å². The van der Waals surface area contributed by atoms with E-state index >= 15 is 0 Å². The first-order valence-electron chi connectivity index (χ1n) is 11.7. The van der Waals surface area contributed by atoms with E-state index in [1.807, 2.05) is 20.8 Å². The third-order valence-corrected chi connectivity index (χ3v) is 4.84.